The second kappa shape index (κ2) is 8.36. The average Bonchev–Trinajstić information content (AvgIpc) is 2.32. The van der Waals surface area contributed by atoms with Crippen molar-refractivity contribution in [3.05, 3.63) is 0 Å². The minimum atomic E-state index is 0. The molecule has 0 bridgehead atoms. The van der Waals surface area contributed by atoms with Crippen molar-refractivity contribution in [2.75, 3.05) is 6.54 Å². The zero-order valence-corrected chi connectivity index (χ0v) is 11.4. The molecule has 1 heterocycles. The SMILES string of the molecule is C1CCC(CCCC2CCCCN2)CC1.Cl. The quantitative estimate of drug-likeness (QED) is 0.779. The number of rotatable bonds is 4. The van der Waals surface area contributed by atoms with Crippen molar-refractivity contribution >= 4 is 12.4 Å². The topological polar surface area (TPSA) is 12.0 Å². The Morgan fingerprint density at radius 3 is 2.25 bits per heavy atom. The first-order chi connectivity index (χ1) is 7.45. The molecule has 1 saturated heterocycles. The second-order valence-electron chi connectivity index (χ2n) is 5.58. The minimum Gasteiger partial charge on any atom is -0.314 e. The van der Waals surface area contributed by atoms with E-state index in [-0.39, 0.29) is 12.4 Å². The number of nitrogens with one attached hydrogen (secondary N) is 1. The van der Waals surface area contributed by atoms with E-state index in [4.69, 9.17) is 0 Å². The van der Waals surface area contributed by atoms with Gasteiger partial charge >= 0.3 is 0 Å². The van der Waals surface area contributed by atoms with Crippen LogP contribution in [0.15, 0.2) is 0 Å². The molecule has 0 aromatic rings. The molecule has 0 amide bonds. The predicted octanol–water partition coefficient (Wildman–Crippen LogP) is 4.30. The third-order valence-corrected chi connectivity index (χ3v) is 4.30. The summed E-state index contributed by atoms with van der Waals surface area (Å²) < 4.78 is 0. The van der Waals surface area contributed by atoms with Gasteiger partial charge in [0, 0.05) is 6.04 Å². The summed E-state index contributed by atoms with van der Waals surface area (Å²) in [6.45, 7) is 1.27. The third-order valence-electron chi connectivity index (χ3n) is 4.30. The van der Waals surface area contributed by atoms with Crippen LogP contribution in [0, 0.1) is 5.92 Å². The number of hydrogen-bond acceptors (Lipinski definition) is 1. The number of piperidine rings is 1. The highest BCUT2D eigenvalue weighted by Crippen LogP contribution is 2.28. The zero-order chi connectivity index (χ0) is 10.3. The summed E-state index contributed by atoms with van der Waals surface area (Å²) in [5.41, 5.74) is 0. The molecule has 1 saturated carbocycles. The standard InChI is InChI=1S/C14H27N.ClH/c1-2-7-13(8-3-1)9-6-11-14-10-4-5-12-15-14;/h13-15H,1-12H2;1H. The van der Waals surface area contributed by atoms with Crippen molar-refractivity contribution in [3.63, 3.8) is 0 Å². The number of hydrogen-bond donors (Lipinski definition) is 1. The maximum absolute atomic E-state index is 3.66. The lowest BCUT2D eigenvalue weighted by Gasteiger charge is -2.25. The summed E-state index contributed by atoms with van der Waals surface area (Å²) in [5.74, 6) is 1.09. The molecule has 1 nitrogen and oxygen atoms in total. The van der Waals surface area contributed by atoms with Crippen molar-refractivity contribution in [1.82, 2.24) is 5.32 Å². The zero-order valence-electron chi connectivity index (χ0n) is 10.5. The minimum absolute atomic E-state index is 0. The molecule has 0 aromatic carbocycles. The van der Waals surface area contributed by atoms with Crippen LogP contribution >= 0.6 is 12.4 Å². The van der Waals surface area contributed by atoms with Gasteiger partial charge in [-0.1, -0.05) is 51.4 Å². The first-order valence-corrected chi connectivity index (χ1v) is 7.18. The Morgan fingerprint density at radius 2 is 1.56 bits per heavy atom. The van der Waals surface area contributed by atoms with Gasteiger partial charge in [-0.2, -0.15) is 0 Å². The predicted molar refractivity (Wildman–Crippen MR) is 73.3 cm³/mol. The highest BCUT2D eigenvalue weighted by molar-refractivity contribution is 5.85. The fraction of sp³-hybridized carbons (Fsp3) is 1.00. The van der Waals surface area contributed by atoms with Crippen LogP contribution in [-0.2, 0) is 0 Å². The lowest BCUT2D eigenvalue weighted by Crippen LogP contribution is -2.33. The summed E-state index contributed by atoms with van der Waals surface area (Å²) in [5, 5.41) is 3.66. The van der Waals surface area contributed by atoms with Crippen LogP contribution in [0.4, 0.5) is 0 Å². The van der Waals surface area contributed by atoms with E-state index in [0.717, 1.165) is 12.0 Å². The molecular formula is C14H28ClN. The highest BCUT2D eigenvalue weighted by Gasteiger charge is 2.15. The van der Waals surface area contributed by atoms with E-state index in [1.54, 1.807) is 0 Å². The van der Waals surface area contributed by atoms with Crippen molar-refractivity contribution in [2.45, 2.75) is 76.7 Å². The van der Waals surface area contributed by atoms with E-state index < -0.39 is 0 Å². The summed E-state index contributed by atoms with van der Waals surface area (Å²) in [6, 6.07) is 0.863. The van der Waals surface area contributed by atoms with Crippen LogP contribution in [0.2, 0.25) is 0 Å². The van der Waals surface area contributed by atoms with Crippen LogP contribution < -0.4 is 5.32 Å². The van der Waals surface area contributed by atoms with Gasteiger partial charge in [-0.05, 0) is 31.7 Å². The Morgan fingerprint density at radius 1 is 0.812 bits per heavy atom. The van der Waals surface area contributed by atoms with Crippen LogP contribution in [0.1, 0.15) is 70.6 Å². The van der Waals surface area contributed by atoms with Crippen LogP contribution in [0.5, 0.6) is 0 Å². The van der Waals surface area contributed by atoms with Crippen molar-refractivity contribution in [1.29, 1.82) is 0 Å². The summed E-state index contributed by atoms with van der Waals surface area (Å²) >= 11 is 0. The first kappa shape index (κ1) is 14.3. The van der Waals surface area contributed by atoms with Crippen molar-refractivity contribution in [2.24, 2.45) is 5.92 Å². The molecule has 1 aliphatic heterocycles. The van der Waals surface area contributed by atoms with E-state index in [0.29, 0.717) is 0 Å². The molecule has 0 spiro atoms. The monoisotopic (exact) mass is 245 g/mol. The van der Waals surface area contributed by atoms with Gasteiger partial charge in [0.25, 0.3) is 0 Å². The Kier molecular flexibility index (Phi) is 7.47. The molecule has 2 rings (SSSR count). The molecule has 0 radical (unpaired) electrons. The highest BCUT2D eigenvalue weighted by atomic mass is 35.5. The van der Waals surface area contributed by atoms with Gasteiger partial charge in [-0.3, -0.25) is 0 Å². The maximum atomic E-state index is 3.66. The average molecular weight is 246 g/mol. The molecular weight excluding hydrogens is 218 g/mol. The summed E-state index contributed by atoms with van der Waals surface area (Å²) in [6.07, 6.45) is 16.3. The largest absolute Gasteiger partial charge is 0.314 e. The lowest BCUT2D eigenvalue weighted by atomic mass is 9.85. The molecule has 1 atom stereocenters. The van der Waals surface area contributed by atoms with E-state index in [1.165, 1.54) is 77.2 Å². The fourth-order valence-corrected chi connectivity index (χ4v) is 3.30. The van der Waals surface area contributed by atoms with Crippen LogP contribution in [0.3, 0.4) is 0 Å². The molecule has 1 N–H and O–H groups in total. The van der Waals surface area contributed by atoms with E-state index in [2.05, 4.69) is 5.32 Å². The lowest BCUT2D eigenvalue weighted by molar-refractivity contribution is 0.309. The molecule has 2 heteroatoms. The molecule has 2 fully saturated rings. The normalized spacial score (nSPS) is 27.4. The molecule has 0 aromatic heterocycles. The molecule has 16 heavy (non-hydrogen) atoms. The van der Waals surface area contributed by atoms with Gasteiger partial charge in [0.1, 0.15) is 0 Å². The van der Waals surface area contributed by atoms with Crippen molar-refractivity contribution in [3.8, 4) is 0 Å². The summed E-state index contributed by atoms with van der Waals surface area (Å²) in [7, 11) is 0. The Balaban J connectivity index is 0.00000128. The van der Waals surface area contributed by atoms with Crippen LogP contribution in [0.25, 0.3) is 0 Å². The Labute approximate surface area is 107 Å². The first-order valence-electron chi connectivity index (χ1n) is 7.18. The smallest absolute Gasteiger partial charge is 0.00670 e. The second-order valence-corrected chi connectivity index (χ2v) is 5.58. The van der Waals surface area contributed by atoms with Gasteiger partial charge in [0.15, 0.2) is 0 Å². The maximum Gasteiger partial charge on any atom is 0.00670 e. The van der Waals surface area contributed by atoms with Gasteiger partial charge < -0.3 is 5.32 Å². The summed E-state index contributed by atoms with van der Waals surface area (Å²) in [4.78, 5) is 0. The van der Waals surface area contributed by atoms with Gasteiger partial charge in [-0.15, -0.1) is 12.4 Å². The Hall–Kier alpha value is 0.250. The molecule has 1 unspecified atom stereocenters. The molecule has 96 valence electrons. The van der Waals surface area contributed by atoms with E-state index in [9.17, 15) is 0 Å². The number of halogens is 1. The van der Waals surface area contributed by atoms with Gasteiger partial charge in [0.2, 0.25) is 0 Å². The van der Waals surface area contributed by atoms with Crippen LogP contribution in [-0.4, -0.2) is 12.6 Å². The van der Waals surface area contributed by atoms with Crippen molar-refractivity contribution < 1.29 is 0 Å². The Bertz CT molecular complexity index is 142. The van der Waals surface area contributed by atoms with E-state index in [1.807, 2.05) is 0 Å². The fourth-order valence-electron chi connectivity index (χ4n) is 3.30. The van der Waals surface area contributed by atoms with E-state index >= 15 is 0 Å². The molecule has 1 aliphatic carbocycles. The molecule has 2 aliphatic rings. The van der Waals surface area contributed by atoms with Gasteiger partial charge in [0.05, 0.1) is 0 Å². The third kappa shape index (κ3) is 5.05. The van der Waals surface area contributed by atoms with Gasteiger partial charge in [-0.25, -0.2) is 0 Å².